The fourth-order valence-corrected chi connectivity index (χ4v) is 1.95. The van der Waals surface area contributed by atoms with Crippen molar-refractivity contribution >= 4 is 31.9 Å². The monoisotopic (exact) mass is 355 g/mol. The van der Waals surface area contributed by atoms with Crippen LogP contribution in [0.25, 0.3) is 0 Å². The molecule has 0 saturated carbocycles. The smallest absolute Gasteiger partial charge is 0.130 e. The molecule has 0 atom stereocenters. The number of benzene rings is 1. The van der Waals surface area contributed by atoms with E-state index in [-0.39, 0.29) is 0 Å². The molecule has 4 heteroatoms. The quantitative estimate of drug-likeness (QED) is 0.761. The van der Waals surface area contributed by atoms with Gasteiger partial charge < -0.3 is 4.74 Å². The summed E-state index contributed by atoms with van der Waals surface area (Å²) in [7, 11) is 0. The first-order valence-electron chi connectivity index (χ1n) is 5.16. The van der Waals surface area contributed by atoms with Crippen LogP contribution in [0.1, 0.15) is 11.3 Å². The standard InChI is InChI=1S/C13H11Br2NO/c14-7-10-2-1-3-13(6-10)17-9-12-5-4-11(15)8-16-12/h1-6,8H,7,9H2. The van der Waals surface area contributed by atoms with Gasteiger partial charge in [0.15, 0.2) is 0 Å². The second-order valence-electron chi connectivity index (χ2n) is 3.54. The molecule has 88 valence electrons. The maximum atomic E-state index is 5.68. The van der Waals surface area contributed by atoms with Crippen molar-refractivity contribution in [3.63, 3.8) is 0 Å². The van der Waals surface area contributed by atoms with Crippen molar-refractivity contribution in [2.75, 3.05) is 0 Å². The van der Waals surface area contributed by atoms with E-state index in [1.54, 1.807) is 6.20 Å². The minimum absolute atomic E-state index is 0.485. The van der Waals surface area contributed by atoms with E-state index in [2.05, 4.69) is 42.9 Å². The Labute approximate surface area is 117 Å². The maximum absolute atomic E-state index is 5.68. The van der Waals surface area contributed by atoms with Gasteiger partial charge in [-0.1, -0.05) is 28.1 Å². The molecule has 0 bridgehead atoms. The minimum atomic E-state index is 0.485. The van der Waals surface area contributed by atoms with E-state index >= 15 is 0 Å². The summed E-state index contributed by atoms with van der Waals surface area (Å²) in [6.45, 7) is 0.485. The van der Waals surface area contributed by atoms with Crippen molar-refractivity contribution in [2.45, 2.75) is 11.9 Å². The molecule has 0 spiro atoms. The molecule has 0 aliphatic rings. The summed E-state index contributed by atoms with van der Waals surface area (Å²) in [6, 6.07) is 11.9. The van der Waals surface area contributed by atoms with Crippen LogP contribution >= 0.6 is 31.9 Å². The molecule has 0 aliphatic carbocycles. The molecule has 0 fully saturated rings. The lowest BCUT2D eigenvalue weighted by Gasteiger charge is -2.06. The van der Waals surface area contributed by atoms with Gasteiger partial charge in [-0.2, -0.15) is 0 Å². The summed E-state index contributed by atoms with van der Waals surface area (Å²) >= 11 is 6.77. The van der Waals surface area contributed by atoms with Crippen LogP contribution in [-0.4, -0.2) is 4.98 Å². The number of aromatic nitrogens is 1. The Morgan fingerprint density at radius 2 is 2.06 bits per heavy atom. The topological polar surface area (TPSA) is 22.1 Å². The molecule has 0 aliphatic heterocycles. The van der Waals surface area contributed by atoms with Gasteiger partial charge in [-0.3, -0.25) is 4.98 Å². The number of rotatable bonds is 4. The van der Waals surface area contributed by atoms with Gasteiger partial charge in [0.25, 0.3) is 0 Å². The summed E-state index contributed by atoms with van der Waals surface area (Å²) in [5, 5.41) is 0.834. The fraction of sp³-hybridized carbons (Fsp3) is 0.154. The third kappa shape index (κ3) is 3.82. The number of hydrogen-bond acceptors (Lipinski definition) is 2. The molecule has 0 unspecified atom stereocenters. The van der Waals surface area contributed by atoms with Gasteiger partial charge in [0.2, 0.25) is 0 Å². The van der Waals surface area contributed by atoms with E-state index in [0.717, 1.165) is 21.2 Å². The highest BCUT2D eigenvalue weighted by molar-refractivity contribution is 9.10. The van der Waals surface area contributed by atoms with E-state index in [1.807, 2.05) is 30.3 Å². The second kappa shape index (κ2) is 6.17. The molecule has 2 aromatic rings. The van der Waals surface area contributed by atoms with E-state index in [9.17, 15) is 0 Å². The summed E-state index contributed by atoms with van der Waals surface area (Å²) in [5.41, 5.74) is 2.11. The molecule has 0 saturated heterocycles. The summed E-state index contributed by atoms with van der Waals surface area (Å²) in [4.78, 5) is 4.25. The SMILES string of the molecule is BrCc1cccc(OCc2ccc(Br)cn2)c1. The Morgan fingerprint density at radius 1 is 1.18 bits per heavy atom. The molecule has 1 aromatic carbocycles. The van der Waals surface area contributed by atoms with E-state index < -0.39 is 0 Å². The molecule has 1 heterocycles. The molecule has 0 N–H and O–H groups in total. The lowest BCUT2D eigenvalue weighted by atomic mass is 10.2. The molecule has 2 rings (SSSR count). The van der Waals surface area contributed by atoms with Gasteiger partial charge in [-0.25, -0.2) is 0 Å². The predicted octanol–water partition coefficient (Wildman–Crippen LogP) is 4.32. The summed E-state index contributed by atoms with van der Waals surface area (Å²) in [6.07, 6.45) is 1.77. The normalized spacial score (nSPS) is 10.2. The van der Waals surface area contributed by atoms with Crippen molar-refractivity contribution < 1.29 is 4.74 Å². The Hall–Kier alpha value is -0.870. The third-order valence-electron chi connectivity index (χ3n) is 2.23. The van der Waals surface area contributed by atoms with Crippen LogP contribution in [0.15, 0.2) is 47.1 Å². The van der Waals surface area contributed by atoms with Crippen LogP contribution in [0.2, 0.25) is 0 Å². The highest BCUT2D eigenvalue weighted by Crippen LogP contribution is 2.17. The first-order valence-corrected chi connectivity index (χ1v) is 7.07. The minimum Gasteiger partial charge on any atom is -0.487 e. The molecular weight excluding hydrogens is 346 g/mol. The van der Waals surface area contributed by atoms with Gasteiger partial charge in [-0.15, -0.1) is 0 Å². The highest BCUT2D eigenvalue weighted by atomic mass is 79.9. The van der Waals surface area contributed by atoms with Crippen molar-refractivity contribution in [2.24, 2.45) is 0 Å². The van der Waals surface area contributed by atoms with E-state index in [4.69, 9.17) is 4.74 Å². The van der Waals surface area contributed by atoms with Crippen molar-refractivity contribution in [3.8, 4) is 5.75 Å². The zero-order valence-corrected chi connectivity index (χ0v) is 12.2. The molecular formula is C13H11Br2NO. The Kier molecular flexibility index (Phi) is 4.57. The molecule has 17 heavy (non-hydrogen) atoms. The summed E-state index contributed by atoms with van der Waals surface area (Å²) in [5.74, 6) is 0.867. The van der Waals surface area contributed by atoms with Crippen molar-refractivity contribution in [1.29, 1.82) is 0 Å². The second-order valence-corrected chi connectivity index (χ2v) is 5.01. The zero-order chi connectivity index (χ0) is 12.1. The Balaban J connectivity index is 1.99. The Bertz CT molecular complexity index is 485. The fourth-order valence-electron chi connectivity index (χ4n) is 1.37. The van der Waals surface area contributed by atoms with Gasteiger partial charge in [0.1, 0.15) is 12.4 Å². The molecule has 1 aromatic heterocycles. The molecule has 0 amide bonds. The van der Waals surface area contributed by atoms with E-state index in [1.165, 1.54) is 5.56 Å². The molecule has 2 nitrogen and oxygen atoms in total. The lowest BCUT2D eigenvalue weighted by Crippen LogP contribution is -1.97. The van der Waals surface area contributed by atoms with Crippen LogP contribution in [-0.2, 0) is 11.9 Å². The number of hydrogen-bond donors (Lipinski definition) is 0. The average molecular weight is 357 g/mol. The van der Waals surface area contributed by atoms with Gasteiger partial charge in [-0.05, 0) is 45.8 Å². The first-order chi connectivity index (χ1) is 8.28. The van der Waals surface area contributed by atoms with E-state index in [0.29, 0.717) is 6.61 Å². The van der Waals surface area contributed by atoms with Crippen molar-refractivity contribution in [1.82, 2.24) is 4.98 Å². The average Bonchev–Trinajstić information content (AvgIpc) is 2.38. The number of nitrogens with zero attached hydrogens (tertiary/aromatic N) is 1. The van der Waals surface area contributed by atoms with Gasteiger partial charge >= 0.3 is 0 Å². The van der Waals surface area contributed by atoms with Crippen LogP contribution in [0.4, 0.5) is 0 Å². The van der Waals surface area contributed by atoms with Gasteiger partial charge in [0.05, 0.1) is 5.69 Å². The first kappa shape index (κ1) is 12.6. The maximum Gasteiger partial charge on any atom is 0.130 e. The van der Waals surface area contributed by atoms with Crippen LogP contribution in [0, 0.1) is 0 Å². The number of ether oxygens (including phenoxy) is 1. The number of halogens is 2. The van der Waals surface area contributed by atoms with Gasteiger partial charge in [0, 0.05) is 16.0 Å². The highest BCUT2D eigenvalue weighted by Gasteiger charge is 1.98. The largest absolute Gasteiger partial charge is 0.487 e. The zero-order valence-electron chi connectivity index (χ0n) is 9.07. The number of alkyl halides is 1. The van der Waals surface area contributed by atoms with Crippen molar-refractivity contribution in [3.05, 3.63) is 58.3 Å². The van der Waals surface area contributed by atoms with Crippen LogP contribution in [0.5, 0.6) is 5.75 Å². The summed E-state index contributed by atoms with van der Waals surface area (Å²) < 4.78 is 6.65. The van der Waals surface area contributed by atoms with Crippen LogP contribution < -0.4 is 4.74 Å². The third-order valence-corrected chi connectivity index (χ3v) is 3.34. The molecule has 0 radical (unpaired) electrons. The number of pyridine rings is 1. The predicted molar refractivity (Wildman–Crippen MR) is 75.3 cm³/mol. The lowest BCUT2D eigenvalue weighted by molar-refractivity contribution is 0.301. The van der Waals surface area contributed by atoms with Crippen LogP contribution in [0.3, 0.4) is 0 Å². The Morgan fingerprint density at radius 3 is 2.76 bits per heavy atom.